The predicted octanol–water partition coefficient (Wildman–Crippen LogP) is 1.79. The SMILES string of the molecule is CCC(C(=O)O)n1nc(C)c(CNC2CC2)c1C. The highest BCUT2D eigenvalue weighted by Gasteiger charge is 2.25. The van der Waals surface area contributed by atoms with Crippen LogP contribution in [0, 0.1) is 13.8 Å². The summed E-state index contributed by atoms with van der Waals surface area (Å²) in [4.78, 5) is 11.2. The van der Waals surface area contributed by atoms with E-state index in [4.69, 9.17) is 0 Å². The molecule has 18 heavy (non-hydrogen) atoms. The Kier molecular flexibility index (Phi) is 3.71. The van der Waals surface area contributed by atoms with Crippen molar-refractivity contribution in [1.82, 2.24) is 15.1 Å². The molecule has 1 unspecified atom stereocenters. The van der Waals surface area contributed by atoms with Gasteiger partial charge in [-0.3, -0.25) is 4.68 Å². The first-order chi connectivity index (χ1) is 8.54. The van der Waals surface area contributed by atoms with Gasteiger partial charge in [-0.1, -0.05) is 6.92 Å². The molecule has 0 spiro atoms. The number of aryl methyl sites for hydroxylation is 1. The van der Waals surface area contributed by atoms with E-state index < -0.39 is 12.0 Å². The van der Waals surface area contributed by atoms with Crippen LogP contribution in [0.4, 0.5) is 0 Å². The van der Waals surface area contributed by atoms with Gasteiger partial charge in [0, 0.05) is 23.8 Å². The van der Waals surface area contributed by atoms with Crippen molar-refractivity contribution in [2.75, 3.05) is 0 Å². The topological polar surface area (TPSA) is 67.1 Å². The summed E-state index contributed by atoms with van der Waals surface area (Å²) in [6.07, 6.45) is 3.05. The number of nitrogens with one attached hydrogen (secondary N) is 1. The van der Waals surface area contributed by atoms with Crippen molar-refractivity contribution in [2.45, 2.75) is 58.7 Å². The number of aromatic nitrogens is 2. The summed E-state index contributed by atoms with van der Waals surface area (Å²) in [5.74, 6) is -0.815. The highest BCUT2D eigenvalue weighted by atomic mass is 16.4. The summed E-state index contributed by atoms with van der Waals surface area (Å²) in [5, 5.41) is 17.1. The molecule has 1 aromatic rings. The number of carboxylic acid groups (broad SMARTS) is 1. The standard InChI is InChI=1S/C13H21N3O2/c1-4-12(13(17)18)16-9(3)11(8(2)15-16)7-14-10-5-6-10/h10,12,14H,4-7H2,1-3H3,(H,17,18). The van der Waals surface area contributed by atoms with E-state index in [9.17, 15) is 9.90 Å². The molecule has 1 heterocycles. The van der Waals surface area contributed by atoms with Crippen LogP contribution in [0.1, 0.15) is 49.2 Å². The minimum atomic E-state index is -0.815. The average Bonchev–Trinajstić information content (AvgIpc) is 3.08. The molecule has 0 radical (unpaired) electrons. The van der Waals surface area contributed by atoms with Crippen LogP contribution in [0.3, 0.4) is 0 Å². The molecule has 0 amide bonds. The Morgan fingerprint density at radius 2 is 2.22 bits per heavy atom. The molecule has 100 valence electrons. The summed E-state index contributed by atoms with van der Waals surface area (Å²) in [6, 6.07) is 0.0898. The lowest BCUT2D eigenvalue weighted by molar-refractivity contribution is -0.141. The molecule has 2 N–H and O–H groups in total. The number of carboxylic acids is 1. The number of nitrogens with zero attached hydrogens (tertiary/aromatic N) is 2. The van der Waals surface area contributed by atoms with Crippen LogP contribution in [0.2, 0.25) is 0 Å². The fourth-order valence-corrected chi connectivity index (χ4v) is 2.24. The van der Waals surface area contributed by atoms with Crippen LogP contribution in [0.25, 0.3) is 0 Å². The van der Waals surface area contributed by atoms with Gasteiger partial charge in [0.15, 0.2) is 0 Å². The fourth-order valence-electron chi connectivity index (χ4n) is 2.24. The maximum absolute atomic E-state index is 11.2. The van der Waals surface area contributed by atoms with Crippen LogP contribution < -0.4 is 5.32 Å². The van der Waals surface area contributed by atoms with Gasteiger partial charge in [0.1, 0.15) is 6.04 Å². The average molecular weight is 251 g/mol. The van der Waals surface area contributed by atoms with Crippen LogP contribution in [-0.2, 0) is 11.3 Å². The molecule has 0 bridgehead atoms. The van der Waals surface area contributed by atoms with Crippen molar-refractivity contribution in [3.05, 3.63) is 17.0 Å². The Morgan fingerprint density at radius 1 is 1.56 bits per heavy atom. The smallest absolute Gasteiger partial charge is 0.328 e. The third kappa shape index (κ3) is 2.56. The minimum Gasteiger partial charge on any atom is -0.480 e. The zero-order chi connectivity index (χ0) is 13.3. The van der Waals surface area contributed by atoms with Gasteiger partial charge in [-0.2, -0.15) is 5.10 Å². The molecule has 1 aliphatic rings. The molecular formula is C13H21N3O2. The Morgan fingerprint density at radius 3 is 2.72 bits per heavy atom. The van der Waals surface area contributed by atoms with Crippen LogP contribution in [0.5, 0.6) is 0 Å². The van der Waals surface area contributed by atoms with Crippen LogP contribution >= 0.6 is 0 Å². The van der Waals surface area contributed by atoms with Gasteiger partial charge in [-0.15, -0.1) is 0 Å². The van der Waals surface area contributed by atoms with Gasteiger partial charge in [0.25, 0.3) is 0 Å². The highest BCUT2D eigenvalue weighted by molar-refractivity contribution is 5.71. The van der Waals surface area contributed by atoms with E-state index in [0.29, 0.717) is 12.5 Å². The molecular weight excluding hydrogens is 230 g/mol. The van der Waals surface area contributed by atoms with E-state index in [-0.39, 0.29) is 0 Å². The molecule has 2 rings (SSSR count). The zero-order valence-electron chi connectivity index (χ0n) is 11.2. The number of hydrogen-bond donors (Lipinski definition) is 2. The lowest BCUT2D eigenvalue weighted by atomic mass is 10.1. The Bertz CT molecular complexity index is 449. The maximum atomic E-state index is 11.2. The first-order valence-corrected chi connectivity index (χ1v) is 6.55. The van der Waals surface area contributed by atoms with Crippen molar-refractivity contribution in [3.8, 4) is 0 Å². The second-order valence-electron chi connectivity index (χ2n) is 5.01. The molecule has 0 aliphatic heterocycles. The van der Waals surface area contributed by atoms with Gasteiger partial charge >= 0.3 is 5.97 Å². The van der Waals surface area contributed by atoms with E-state index in [1.54, 1.807) is 4.68 Å². The maximum Gasteiger partial charge on any atom is 0.328 e. The van der Waals surface area contributed by atoms with Crippen molar-refractivity contribution >= 4 is 5.97 Å². The first kappa shape index (κ1) is 13.1. The summed E-state index contributed by atoms with van der Waals surface area (Å²) in [5.41, 5.74) is 3.04. The summed E-state index contributed by atoms with van der Waals surface area (Å²) < 4.78 is 1.65. The molecule has 0 saturated heterocycles. The molecule has 0 aromatic carbocycles. The van der Waals surface area contributed by atoms with E-state index in [1.807, 2.05) is 20.8 Å². The van der Waals surface area contributed by atoms with Crippen molar-refractivity contribution in [1.29, 1.82) is 0 Å². The van der Waals surface area contributed by atoms with Crippen LogP contribution in [0.15, 0.2) is 0 Å². The Labute approximate surface area is 107 Å². The number of hydrogen-bond acceptors (Lipinski definition) is 3. The Hall–Kier alpha value is -1.36. The Balaban J connectivity index is 2.20. The van der Waals surface area contributed by atoms with E-state index in [2.05, 4.69) is 10.4 Å². The van der Waals surface area contributed by atoms with Crippen molar-refractivity contribution in [2.24, 2.45) is 0 Å². The van der Waals surface area contributed by atoms with Crippen LogP contribution in [-0.4, -0.2) is 26.9 Å². The quantitative estimate of drug-likeness (QED) is 0.809. The third-order valence-corrected chi connectivity index (χ3v) is 3.59. The van der Waals surface area contributed by atoms with E-state index in [0.717, 1.165) is 23.5 Å². The van der Waals surface area contributed by atoms with Crippen molar-refractivity contribution in [3.63, 3.8) is 0 Å². The summed E-state index contributed by atoms with van der Waals surface area (Å²) >= 11 is 0. The molecule has 1 aliphatic carbocycles. The lowest BCUT2D eigenvalue weighted by Gasteiger charge is -2.13. The van der Waals surface area contributed by atoms with E-state index >= 15 is 0 Å². The molecule has 5 nitrogen and oxygen atoms in total. The molecule has 1 saturated carbocycles. The van der Waals surface area contributed by atoms with Gasteiger partial charge < -0.3 is 10.4 Å². The third-order valence-electron chi connectivity index (χ3n) is 3.59. The fraction of sp³-hybridized carbons (Fsp3) is 0.692. The number of carbonyl (C=O) groups is 1. The predicted molar refractivity (Wildman–Crippen MR) is 68.5 cm³/mol. The van der Waals surface area contributed by atoms with Crippen molar-refractivity contribution < 1.29 is 9.90 Å². The first-order valence-electron chi connectivity index (χ1n) is 6.55. The van der Waals surface area contributed by atoms with Gasteiger partial charge in [-0.25, -0.2) is 4.79 Å². The minimum absolute atomic E-state index is 0.548. The van der Waals surface area contributed by atoms with E-state index in [1.165, 1.54) is 12.8 Å². The second-order valence-corrected chi connectivity index (χ2v) is 5.01. The highest BCUT2D eigenvalue weighted by Crippen LogP contribution is 2.23. The molecule has 5 heteroatoms. The zero-order valence-corrected chi connectivity index (χ0v) is 11.2. The molecule has 1 atom stereocenters. The second kappa shape index (κ2) is 5.10. The lowest BCUT2D eigenvalue weighted by Crippen LogP contribution is -2.21. The largest absolute Gasteiger partial charge is 0.480 e. The summed E-state index contributed by atoms with van der Waals surface area (Å²) in [6.45, 7) is 6.56. The van der Waals surface area contributed by atoms with Gasteiger partial charge in [-0.05, 0) is 33.1 Å². The summed E-state index contributed by atoms with van der Waals surface area (Å²) in [7, 11) is 0. The van der Waals surface area contributed by atoms with Gasteiger partial charge in [0.2, 0.25) is 0 Å². The molecule has 1 aromatic heterocycles. The normalized spacial score (nSPS) is 16.8. The van der Waals surface area contributed by atoms with Gasteiger partial charge in [0.05, 0.1) is 5.69 Å². The number of aliphatic carboxylic acids is 1. The molecule has 1 fully saturated rings. The number of rotatable bonds is 6. The monoisotopic (exact) mass is 251 g/mol.